The summed E-state index contributed by atoms with van der Waals surface area (Å²) in [6.07, 6.45) is 1.26. The van der Waals surface area contributed by atoms with E-state index in [2.05, 4.69) is 25.7 Å². The zero-order valence-corrected chi connectivity index (χ0v) is 13.4. The van der Waals surface area contributed by atoms with Crippen LogP contribution in [0.1, 0.15) is 32.8 Å². The number of benzene rings is 1. The van der Waals surface area contributed by atoms with Crippen molar-refractivity contribution in [2.24, 2.45) is 11.8 Å². The smallest absolute Gasteiger partial charge is 0.488 e. The Kier molecular flexibility index (Phi) is 5.30. The third-order valence-corrected chi connectivity index (χ3v) is 4.72. The van der Waals surface area contributed by atoms with Gasteiger partial charge in [0.1, 0.15) is 5.75 Å². The first-order valence-electron chi connectivity index (χ1n) is 7.69. The van der Waals surface area contributed by atoms with Crippen LogP contribution in [0.15, 0.2) is 18.2 Å². The van der Waals surface area contributed by atoms with E-state index in [1.54, 1.807) is 19.2 Å². The van der Waals surface area contributed by atoms with E-state index in [9.17, 15) is 10.0 Å². The van der Waals surface area contributed by atoms with Crippen LogP contribution in [0, 0.1) is 11.8 Å². The predicted molar refractivity (Wildman–Crippen MR) is 85.6 cm³/mol. The molecular formula is C16H26BNO3. The molecule has 1 saturated heterocycles. The van der Waals surface area contributed by atoms with Gasteiger partial charge in [-0.15, -0.1) is 0 Å². The lowest BCUT2D eigenvalue weighted by Gasteiger charge is -2.41. The Balaban J connectivity index is 2.24. The molecule has 0 aromatic heterocycles. The highest BCUT2D eigenvalue weighted by atomic mass is 16.5. The summed E-state index contributed by atoms with van der Waals surface area (Å²) in [5.41, 5.74) is 1.49. The first kappa shape index (κ1) is 16.3. The molecule has 0 saturated carbocycles. The van der Waals surface area contributed by atoms with E-state index < -0.39 is 7.12 Å². The first-order valence-corrected chi connectivity index (χ1v) is 7.69. The summed E-state index contributed by atoms with van der Waals surface area (Å²) in [5, 5.41) is 19.1. The SMILES string of the molecule is COc1ccc(B(O)O)c(CN2CC(C)CC(C)C2C)c1. The second-order valence-corrected chi connectivity index (χ2v) is 6.43. The molecule has 1 heterocycles. The molecular weight excluding hydrogens is 265 g/mol. The minimum Gasteiger partial charge on any atom is -0.497 e. The third kappa shape index (κ3) is 3.79. The van der Waals surface area contributed by atoms with Crippen LogP contribution in [0.2, 0.25) is 0 Å². The zero-order valence-electron chi connectivity index (χ0n) is 13.4. The summed E-state index contributed by atoms with van der Waals surface area (Å²) in [4.78, 5) is 2.43. The van der Waals surface area contributed by atoms with Crippen molar-refractivity contribution in [1.82, 2.24) is 4.90 Å². The van der Waals surface area contributed by atoms with Crippen molar-refractivity contribution in [3.05, 3.63) is 23.8 Å². The lowest BCUT2D eigenvalue weighted by Crippen LogP contribution is -2.46. The Bertz CT molecular complexity index is 481. The first-order chi connectivity index (χ1) is 9.92. The Morgan fingerprint density at radius 1 is 1.29 bits per heavy atom. The van der Waals surface area contributed by atoms with Gasteiger partial charge in [0.05, 0.1) is 7.11 Å². The number of ether oxygens (including phenoxy) is 1. The second kappa shape index (κ2) is 6.82. The van der Waals surface area contributed by atoms with Gasteiger partial charge < -0.3 is 14.8 Å². The Labute approximate surface area is 127 Å². The maximum Gasteiger partial charge on any atom is 0.488 e. The number of hydrogen-bond donors (Lipinski definition) is 2. The molecule has 1 aromatic rings. The molecule has 0 aliphatic carbocycles. The molecule has 2 N–H and O–H groups in total. The van der Waals surface area contributed by atoms with Gasteiger partial charge in [0.15, 0.2) is 0 Å². The van der Waals surface area contributed by atoms with Gasteiger partial charge in [0.25, 0.3) is 0 Å². The standard InChI is InChI=1S/C16H26BNO3/c1-11-7-12(2)13(3)18(9-11)10-14-8-15(21-4)5-6-16(14)17(19)20/h5-6,8,11-13,19-20H,7,9-10H2,1-4H3. The highest BCUT2D eigenvalue weighted by Crippen LogP contribution is 2.28. The summed E-state index contributed by atoms with van der Waals surface area (Å²) in [6, 6.07) is 5.91. The van der Waals surface area contributed by atoms with Crippen LogP contribution in [0.3, 0.4) is 0 Å². The number of hydrogen-bond acceptors (Lipinski definition) is 4. The number of likely N-dealkylation sites (tertiary alicyclic amines) is 1. The molecule has 5 heteroatoms. The minimum atomic E-state index is -1.44. The molecule has 1 aliphatic heterocycles. The van der Waals surface area contributed by atoms with Crippen LogP contribution in [-0.4, -0.2) is 41.8 Å². The molecule has 21 heavy (non-hydrogen) atoms. The fourth-order valence-electron chi connectivity index (χ4n) is 3.36. The molecule has 3 unspecified atom stereocenters. The van der Waals surface area contributed by atoms with E-state index in [1.807, 2.05) is 6.07 Å². The average molecular weight is 291 g/mol. The van der Waals surface area contributed by atoms with Gasteiger partial charge in [-0.25, -0.2) is 0 Å². The van der Waals surface area contributed by atoms with Gasteiger partial charge in [-0.2, -0.15) is 0 Å². The fraction of sp³-hybridized carbons (Fsp3) is 0.625. The van der Waals surface area contributed by atoms with E-state index in [1.165, 1.54) is 6.42 Å². The van der Waals surface area contributed by atoms with Gasteiger partial charge in [0, 0.05) is 19.1 Å². The van der Waals surface area contributed by atoms with Crippen LogP contribution in [-0.2, 0) is 6.54 Å². The van der Waals surface area contributed by atoms with Gasteiger partial charge in [0.2, 0.25) is 0 Å². The topological polar surface area (TPSA) is 52.9 Å². The molecule has 2 rings (SSSR count). The molecule has 0 amide bonds. The van der Waals surface area contributed by atoms with Crippen LogP contribution >= 0.6 is 0 Å². The van der Waals surface area contributed by atoms with Gasteiger partial charge >= 0.3 is 7.12 Å². The van der Waals surface area contributed by atoms with E-state index in [-0.39, 0.29) is 0 Å². The van der Waals surface area contributed by atoms with E-state index >= 15 is 0 Å². The monoisotopic (exact) mass is 291 g/mol. The van der Waals surface area contributed by atoms with Crippen molar-refractivity contribution in [2.45, 2.75) is 39.8 Å². The van der Waals surface area contributed by atoms with Crippen LogP contribution in [0.5, 0.6) is 5.75 Å². The molecule has 4 nitrogen and oxygen atoms in total. The van der Waals surface area contributed by atoms with E-state index in [4.69, 9.17) is 4.74 Å². The van der Waals surface area contributed by atoms with E-state index in [0.29, 0.717) is 23.3 Å². The largest absolute Gasteiger partial charge is 0.497 e. The molecule has 3 atom stereocenters. The maximum atomic E-state index is 9.56. The predicted octanol–water partition coefficient (Wildman–Crippen LogP) is 1.24. The Morgan fingerprint density at radius 3 is 2.62 bits per heavy atom. The molecule has 1 aromatic carbocycles. The van der Waals surface area contributed by atoms with Crippen LogP contribution < -0.4 is 10.2 Å². The molecule has 0 radical (unpaired) electrons. The third-order valence-electron chi connectivity index (χ3n) is 4.72. The molecule has 0 spiro atoms. The Hall–Kier alpha value is -1.04. The van der Waals surface area contributed by atoms with Crippen molar-refractivity contribution >= 4 is 12.6 Å². The van der Waals surface area contributed by atoms with Crippen LogP contribution in [0.25, 0.3) is 0 Å². The summed E-state index contributed by atoms with van der Waals surface area (Å²) in [6.45, 7) is 8.60. The lowest BCUT2D eigenvalue weighted by atomic mass is 9.76. The number of methoxy groups -OCH3 is 1. The summed E-state index contributed by atoms with van der Waals surface area (Å²) in [5.74, 6) is 2.08. The molecule has 1 fully saturated rings. The second-order valence-electron chi connectivity index (χ2n) is 6.43. The van der Waals surface area contributed by atoms with Crippen molar-refractivity contribution in [3.63, 3.8) is 0 Å². The van der Waals surface area contributed by atoms with Crippen LogP contribution in [0.4, 0.5) is 0 Å². The van der Waals surface area contributed by atoms with Gasteiger partial charge in [-0.1, -0.05) is 19.9 Å². The van der Waals surface area contributed by atoms with Crippen molar-refractivity contribution in [2.75, 3.05) is 13.7 Å². The van der Waals surface area contributed by atoms with Crippen molar-refractivity contribution < 1.29 is 14.8 Å². The maximum absolute atomic E-state index is 9.56. The van der Waals surface area contributed by atoms with Crippen molar-refractivity contribution in [3.8, 4) is 5.75 Å². The Morgan fingerprint density at radius 2 is 2.00 bits per heavy atom. The summed E-state index contributed by atoms with van der Waals surface area (Å²) in [7, 11) is 0.183. The summed E-state index contributed by atoms with van der Waals surface area (Å²) >= 11 is 0. The normalized spacial score (nSPS) is 26.7. The number of piperidine rings is 1. The summed E-state index contributed by atoms with van der Waals surface area (Å²) < 4.78 is 5.27. The fourth-order valence-corrected chi connectivity index (χ4v) is 3.36. The zero-order chi connectivity index (χ0) is 15.6. The number of nitrogens with zero attached hydrogens (tertiary/aromatic N) is 1. The highest BCUT2D eigenvalue weighted by molar-refractivity contribution is 6.59. The van der Waals surface area contributed by atoms with Gasteiger partial charge in [-0.3, -0.25) is 4.90 Å². The number of rotatable bonds is 4. The molecule has 116 valence electrons. The minimum absolute atomic E-state index is 0.496. The van der Waals surface area contributed by atoms with Crippen molar-refractivity contribution in [1.29, 1.82) is 0 Å². The molecule has 1 aliphatic rings. The van der Waals surface area contributed by atoms with Gasteiger partial charge in [-0.05, 0) is 48.3 Å². The average Bonchev–Trinajstić information content (AvgIpc) is 2.43. The molecule has 0 bridgehead atoms. The quantitative estimate of drug-likeness (QED) is 0.820. The van der Waals surface area contributed by atoms with E-state index in [0.717, 1.165) is 24.4 Å². The highest BCUT2D eigenvalue weighted by Gasteiger charge is 2.29. The lowest BCUT2D eigenvalue weighted by molar-refractivity contribution is 0.0731.